The number of primary amides is 1. The Morgan fingerprint density at radius 2 is 1.09 bits per heavy atom. The Labute approximate surface area is 266 Å². The molecule has 0 aromatic carbocycles. The van der Waals surface area contributed by atoms with Crippen molar-refractivity contribution in [2.75, 3.05) is 6.54 Å². The molecule has 15 nitrogen and oxygen atoms in total. The van der Waals surface area contributed by atoms with Crippen molar-refractivity contribution in [3.8, 4) is 0 Å². The molecule has 10 N–H and O–H groups in total. The van der Waals surface area contributed by atoms with Crippen LogP contribution in [0.25, 0.3) is 0 Å². The number of carbonyl (C=O) groups excluding carboxylic acids is 6. The van der Waals surface area contributed by atoms with E-state index in [9.17, 15) is 38.7 Å². The largest absolute Gasteiger partial charge is 0.480 e. The fourth-order valence-electron chi connectivity index (χ4n) is 4.43. The first kappa shape index (κ1) is 41.2. The lowest BCUT2D eigenvalue weighted by Gasteiger charge is -2.26. The number of hydrogen-bond donors (Lipinski definition) is 8. The van der Waals surface area contributed by atoms with Gasteiger partial charge in [-0.3, -0.25) is 28.8 Å². The lowest BCUT2D eigenvalue weighted by Crippen LogP contribution is -2.57. The van der Waals surface area contributed by atoms with Crippen LogP contribution in [-0.2, 0) is 33.6 Å². The molecule has 15 heteroatoms. The van der Waals surface area contributed by atoms with E-state index in [-0.39, 0.29) is 43.4 Å². The van der Waals surface area contributed by atoms with Crippen LogP contribution in [0.1, 0.15) is 87.5 Å². The van der Waals surface area contributed by atoms with Crippen LogP contribution >= 0.6 is 0 Å². The molecule has 0 aromatic heterocycles. The Balaban J connectivity index is 5.63. The lowest BCUT2D eigenvalue weighted by atomic mass is 10.00. The van der Waals surface area contributed by atoms with Crippen LogP contribution in [0.3, 0.4) is 0 Å². The van der Waals surface area contributed by atoms with Crippen molar-refractivity contribution in [2.24, 2.45) is 35.1 Å². The Morgan fingerprint density at radius 3 is 1.53 bits per heavy atom. The maximum atomic E-state index is 13.2. The molecule has 0 rings (SSSR count). The molecule has 6 amide bonds. The molecule has 0 spiro atoms. The van der Waals surface area contributed by atoms with E-state index in [0.717, 1.165) is 0 Å². The van der Waals surface area contributed by atoms with Gasteiger partial charge in [-0.1, -0.05) is 55.4 Å². The van der Waals surface area contributed by atoms with Crippen molar-refractivity contribution in [1.82, 2.24) is 26.6 Å². The molecular formula is C30H55N7O8. The average Bonchev–Trinajstić information content (AvgIpc) is 2.90. The summed E-state index contributed by atoms with van der Waals surface area (Å²) in [5.74, 6) is -5.60. The van der Waals surface area contributed by atoms with E-state index in [2.05, 4.69) is 26.6 Å². The van der Waals surface area contributed by atoms with Crippen LogP contribution in [0.2, 0.25) is 0 Å². The van der Waals surface area contributed by atoms with Gasteiger partial charge in [-0.05, 0) is 49.4 Å². The van der Waals surface area contributed by atoms with Gasteiger partial charge in [0, 0.05) is 6.42 Å². The molecule has 0 saturated carbocycles. The first-order valence-electron chi connectivity index (χ1n) is 15.5. The Bertz CT molecular complexity index is 1030. The van der Waals surface area contributed by atoms with E-state index in [1.807, 2.05) is 41.5 Å². The summed E-state index contributed by atoms with van der Waals surface area (Å²) in [4.78, 5) is 87.6. The van der Waals surface area contributed by atoms with E-state index >= 15 is 0 Å². The van der Waals surface area contributed by atoms with Gasteiger partial charge >= 0.3 is 5.97 Å². The Morgan fingerprint density at radius 1 is 0.622 bits per heavy atom. The van der Waals surface area contributed by atoms with Crippen LogP contribution in [0, 0.1) is 23.7 Å². The maximum absolute atomic E-state index is 13.2. The van der Waals surface area contributed by atoms with Gasteiger partial charge < -0.3 is 43.2 Å². The summed E-state index contributed by atoms with van der Waals surface area (Å²) in [6.45, 7) is 13.9. The summed E-state index contributed by atoms with van der Waals surface area (Å²) in [7, 11) is 0. The van der Waals surface area contributed by atoms with Gasteiger partial charge in [-0.2, -0.15) is 0 Å². The molecule has 0 radical (unpaired) electrons. The van der Waals surface area contributed by atoms with Gasteiger partial charge in [0.25, 0.3) is 0 Å². The average molecular weight is 642 g/mol. The van der Waals surface area contributed by atoms with E-state index in [4.69, 9.17) is 11.5 Å². The van der Waals surface area contributed by atoms with Gasteiger partial charge in [-0.25, -0.2) is 4.79 Å². The van der Waals surface area contributed by atoms with Crippen molar-refractivity contribution in [2.45, 2.75) is 118 Å². The molecule has 0 heterocycles. The second kappa shape index (κ2) is 20.3. The summed E-state index contributed by atoms with van der Waals surface area (Å²) in [5.41, 5.74) is 11.2. The number of carbonyl (C=O) groups is 7. The minimum Gasteiger partial charge on any atom is -0.480 e. The zero-order chi connectivity index (χ0) is 35.0. The number of carboxylic acid groups (broad SMARTS) is 1. The van der Waals surface area contributed by atoms with Crippen molar-refractivity contribution in [1.29, 1.82) is 0 Å². The molecular weight excluding hydrogens is 586 g/mol. The van der Waals surface area contributed by atoms with Crippen LogP contribution in [0.5, 0.6) is 0 Å². The summed E-state index contributed by atoms with van der Waals surface area (Å²) < 4.78 is 0. The molecule has 0 unspecified atom stereocenters. The summed E-state index contributed by atoms with van der Waals surface area (Å²) in [6, 6.07) is -5.34. The molecule has 0 saturated heterocycles. The quantitative estimate of drug-likeness (QED) is 0.0804. The number of rotatable bonds is 21. The Hall–Kier alpha value is -3.75. The predicted molar refractivity (Wildman–Crippen MR) is 168 cm³/mol. The summed E-state index contributed by atoms with van der Waals surface area (Å²) in [6.07, 6.45) is 0.440. The number of aliphatic carboxylic acids is 1. The van der Waals surface area contributed by atoms with E-state index in [1.54, 1.807) is 13.8 Å². The second-order valence-corrected chi connectivity index (χ2v) is 13.0. The molecule has 0 bridgehead atoms. The van der Waals surface area contributed by atoms with Crippen molar-refractivity contribution >= 4 is 41.4 Å². The maximum Gasteiger partial charge on any atom is 0.326 e. The van der Waals surface area contributed by atoms with Crippen LogP contribution in [-0.4, -0.2) is 83.3 Å². The van der Waals surface area contributed by atoms with Gasteiger partial charge in [0.05, 0.1) is 12.6 Å². The van der Waals surface area contributed by atoms with Crippen LogP contribution in [0.4, 0.5) is 0 Å². The van der Waals surface area contributed by atoms with Crippen LogP contribution in [0.15, 0.2) is 0 Å². The number of amides is 6. The molecule has 0 aliphatic heterocycles. The van der Waals surface area contributed by atoms with Gasteiger partial charge in [0.15, 0.2) is 0 Å². The van der Waals surface area contributed by atoms with E-state index < -0.39 is 84.1 Å². The molecule has 5 atom stereocenters. The minimum absolute atomic E-state index is 0.00809. The number of nitrogens with two attached hydrogens (primary N) is 2. The molecule has 0 aromatic rings. The van der Waals surface area contributed by atoms with Gasteiger partial charge in [0.2, 0.25) is 35.4 Å². The highest BCUT2D eigenvalue weighted by Crippen LogP contribution is 2.10. The van der Waals surface area contributed by atoms with E-state index in [1.165, 1.54) is 0 Å². The predicted octanol–water partition coefficient (Wildman–Crippen LogP) is -0.486. The first-order chi connectivity index (χ1) is 20.7. The molecule has 45 heavy (non-hydrogen) atoms. The third-order valence-electron chi connectivity index (χ3n) is 6.73. The van der Waals surface area contributed by atoms with Gasteiger partial charge in [0.1, 0.15) is 24.2 Å². The zero-order valence-corrected chi connectivity index (χ0v) is 27.9. The smallest absolute Gasteiger partial charge is 0.326 e. The molecule has 0 fully saturated rings. The lowest BCUT2D eigenvalue weighted by molar-refractivity contribution is -0.143. The highest BCUT2D eigenvalue weighted by molar-refractivity contribution is 5.95. The first-order valence-corrected chi connectivity index (χ1v) is 15.5. The zero-order valence-electron chi connectivity index (χ0n) is 27.9. The third-order valence-corrected chi connectivity index (χ3v) is 6.73. The van der Waals surface area contributed by atoms with Crippen molar-refractivity contribution in [3.05, 3.63) is 0 Å². The molecule has 258 valence electrons. The normalized spacial score (nSPS) is 14.7. The standard InChI is InChI=1S/C30H55N7O8/c1-15(2)11-19(31)26(40)36-22(13-17(5)6)28(42)35-20(9-10-23(32)38)27(41)33-14-24(39)34-21(12-16(3)4)29(43)37-25(18(7)8)30(44)45/h15-22,25H,9-14,31H2,1-8H3,(H2,32,38)(H,33,41)(H,34,39)(H,35,42)(H,36,40)(H,37,43)(H,44,45)/t19-,20-,21-,22-,25-/m0/s1. The van der Waals surface area contributed by atoms with Crippen molar-refractivity contribution < 1.29 is 38.7 Å². The second-order valence-electron chi connectivity index (χ2n) is 13.0. The fourth-order valence-corrected chi connectivity index (χ4v) is 4.43. The highest BCUT2D eigenvalue weighted by Gasteiger charge is 2.31. The Kier molecular flexibility index (Phi) is 18.6. The fraction of sp³-hybridized carbons (Fsp3) is 0.767. The molecule has 0 aliphatic carbocycles. The number of nitrogens with one attached hydrogen (secondary N) is 5. The minimum atomic E-state index is -1.27. The van der Waals surface area contributed by atoms with Crippen LogP contribution < -0.4 is 38.1 Å². The molecule has 0 aliphatic rings. The summed E-state index contributed by atoms with van der Waals surface area (Å²) >= 11 is 0. The SMILES string of the molecule is CC(C)C[C@H](NC(=O)CNC(=O)[C@H](CCC(N)=O)NC(=O)[C@H](CC(C)C)NC(=O)[C@@H](N)CC(C)C)C(=O)N[C@H](C(=O)O)C(C)C. The summed E-state index contributed by atoms with van der Waals surface area (Å²) in [5, 5.41) is 22.0. The van der Waals surface area contributed by atoms with Crippen molar-refractivity contribution in [3.63, 3.8) is 0 Å². The monoisotopic (exact) mass is 641 g/mol. The number of hydrogen-bond acceptors (Lipinski definition) is 8. The highest BCUT2D eigenvalue weighted by atomic mass is 16.4. The third kappa shape index (κ3) is 17.4. The number of carboxylic acids is 1. The van der Waals surface area contributed by atoms with Gasteiger partial charge in [-0.15, -0.1) is 0 Å². The van der Waals surface area contributed by atoms with E-state index in [0.29, 0.717) is 6.42 Å². The topological polar surface area (TPSA) is 252 Å².